The zero-order valence-corrected chi connectivity index (χ0v) is 17.2. The van der Waals surface area contributed by atoms with Crippen LogP contribution in [0.1, 0.15) is 37.3 Å². The number of benzene rings is 2. The van der Waals surface area contributed by atoms with Gasteiger partial charge in [0.1, 0.15) is 11.5 Å². The summed E-state index contributed by atoms with van der Waals surface area (Å²) in [5.74, 6) is 1.37. The number of anilines is 1. The largest absolute Gasteiger partial charge is 0.494 e. The first-order chi connectivity index (χ1) is 12.5. The van der Waals surface area contributed by atoms with Gasteiger partial charge in [-0.2, -0.15) is 0 Å². The number of ether oxygens (including phenoxy) is 2. The van der Waals surface area contributed by atoms with Crippen molar-refractivity contribution in [3.8, 4) is 11.5 Å². The molecule has 0 radical (unpaired) electrons. The van der Waals surface area contributed by atoms with Gasteiger partial charge in [-0.1, -0.05) is 35.7 Å². The van der Waals surface area contributed by atoms with Gasteiger partial charge in [0.05, 0.1) is 6.61 Å². The number of amides is 1. The average Bonchev–Trinajstić information content (AvgIpc) is 2.59. The van der Waals surface area contributed by atoms with Crippen molar-refractivity contribution in [3.63, 3.8) is 0 Å². The van der Waals surface area contributed by atoms with Crippen LogP contribution in [0.3, 0.4) is 0 Å². The highest BCUT2D eigenvalue weighted by atomic mass is 79.9. The van der Waals surface area contributed by atoms with Crippen LogP contribution in [0.15, 0.2) is 40.9 Å². The first kappa shape index (κ1) is 20.3. The van der Waals surface area contributed by atoms with Crippen molar-refractivity contribution in [2.24, 2.45) is 0 Å². The fraction of sp³-hybridized carbons (Fsp3) is 0.381. The van der Waals surface area contributed by atoms with E-state index in [1.54, 1.807) is 0 Å². The molecule has 0 atom stereocenters. The minimum atomic E-state index is -0.191. The molecular formula is C21H26BrNO3. The van der Waals surface area contributed by atoms with E-state index in [4.69, 9.17) is 9.47 Å². The van der Waals surface area contributed by atoms with Crippen LogP contribution in [-0.4, -0.2) is 19.1 Å². The molecule has 0 spiro atoms. The lowest BCUT2D eigenvalue weighted by atomic mass is 10.1. The first-order valence-electron chi connectivity index (χ1n) is 8.92. The van der Waals surface area contributed by atoms with Crippen LogP contribution in [0, 0.1) is 13.8 Å². The van der Waals surface area contributed by atoms with E-state index in [0.29, 0.717) is 0 Å². The van der Waals surface area contributed by atoms with Gasteiger partial charge in [0.2, 0.25) is 0 Å². The maximum Gasteiger partial charge on any atom is 0.262 e. The van der Waals surface area contributed by atoms with E-state index in [1.807, 2.05) is 50.2 Å². The fourth-order valence-electron chi connectivity index (χ4n) is 2.64. The van der Waals surface area contributed by atoms with Gasteiger partial charge in [-0.3, -0.25) is 4.79 Å². The Balaban J connectivity index is 1.82. The number of hydrogen-bond donors (Lipinski definition) is 1. The molecule has 1 amide bonds. The molecule has 0 aliphatic heterocycles. The van der Waals surface area contributed by atoms with Crippen LogP contribution >= 0.6 is 15.9 Å². The molecule has 1 N–H and O–H groups in total. The van der Waals surface area contributed by atoms with Gasteiger partial charge in [-0.15, -0.1) is 0 Å². The highest BCUT2D eigenvalue weighted by Gasteiger charge is 2.09. The number of aryl methyl sites for hydroxylation is 2. The Bertz CT molecular complexity index is 706. The van der Waals surface area contributed by atoms with Crippen LogP contribution < -0.4 is 14.8 Å². The van der Waals surface area contributed by atoms with E-state index in [2.05, 4.69) is 28.2 Å². The number of carbonyl (C=O) groups excluding carboxylic acids is 1. The Morgan fingerprint density at radius 3 is 2.31 bits per heavy atom. The third-order valence-corrected chi connectivity index (χ3v) is 4.39. The van der Waals surface area contributed by atoms with Crippen molar-refractivity contribution in [1.82, 2.24) is 0 Å². The molecule has 0 unspecified atom stereocenters. The van der Waals surface area contributed by atoms with E-state index >= 15 is 0 Å². The first-order valence-corrected chi connectivity index (χ1v) is 9.71. The number of nitrogens with one attached hydrogen (secondary N) is 1. The molecule has 0 aromatic heterocycles. The predicted octanol–water partition coefficient (Wildman–Crippen LogP) is 5.65. The fourth-order valence-corrected chi connectivity index (χ4v) is 3.32. The number of carbonyl (C=O) groups is 1. The zero-order valence-electron chi connectivity index (χ0n) is 15.6. The summed E-state index contributed by atoms with van der Waals surface area (Å²) in [5.41, 5.74) is 2.72. The molecule has 140 valence electrons. The third kappa shape index (κ3) is 6.37. The van der Waals surface area contributed by atoms with Gasteiger partial charge in [-0.25, -0.2) is 0 Å². The summed E-state index contributed by atoms with van der Waals surface area (Å²) in [6, 6.07) is 11.3. The van der Waals surface area contributed by atoms with Crippen LogP contribution in [0.2, 0.25) is 0 Å². The van der Waals surface area contributed by atoms with E-state index in [0.717, 1.165) is 45.8 Å². The van der Waals surface area contributed by atoms with Crippen molar-refractivity contribution in [1.29, 1.82) is 0 Å². The maximum absolute atomic E-state index is 12.1. The summed E-state index contributed by atoms with van der Waals surface area (Å²) in [5, 5.41) is 2.84. The van der Waals surface area contributed by atoms with Gasteiger partial charge in [-0.05, 0) is 67.8 Å². The number of halogens is 1. The summed E-state index contributed by atoms with van der Waals surface area (Å²) >= 11 is 3.46. The molecule has 0 fully saturated rings. The molecule has 2 aromatic carbocycles. The molecule has 0 aliphatic carbocycles. The Morgan fingerprint density at radius 2 is 1.69 bits per heavy atom. The molecule has 2 rings (SSSR count). The van der Waals surface area contributed by atoms with Crippen molar-refractivity contribution in [2.45, 2.75) is 40.0 Å². The second-order valence-electron chi connectivity index (χ2n) is 6.29. The topological polar surface area (TPSA) is 47.6 Å². The Morgan fingerprint density at radius 1 is 1.04 bits per heavy atom. The molecule has 4 nitrogen and oxygen atoms in total. The smallest absolute Gasteiger partial charge is 0.262 e. The highest BCUT2D eigenvalue weighted by molar-refractivity contribution is 9.10. The molecule has 5 heteroatoms. The van der Waals surface area contributed by atoms with Crippen LogP contribution in [0.4, 0.5) is 5.69 Å². The van der Waals surface area contributed by atoms with Gasteiger partial charge in [0, 0.05) is 10.2 Å². The number of hydrogen-bond acceptors (Lipinski definition) is 3. The average molecular weight is 420 g/mol. The second kappa shape index (κ2) is 10.2. The summed E-state index contributed by atoms with van der Waals surface area (Å²) in [6.45, 7) is 6.78. The standard InChI is InChI=1S/C21H26BrNO3/c1-4-5-6-11-25-19-9-7-18(8-10-19)23-20(24)14-26-21-15(2)12-17(22)13-16(21)3/h7-10,12-13H,4-6,11,14H2,1-3H3,(H,23,24). The molecule has 26 heavy (non-hydrogen) atoms. The lowest BCUT2D eigenvalue weighted by molar-refractivity contribution is -0.118. The third-order valence-electron chi connectivity index (χ3n) is 3.93. The lowest BCUT2D eigenvalue weighted by Gasteiger charge is -2.13. The highest BCUT2D eigenvalue weighted by Crippen LogP contribution is 2.27. The van der Waals surface area contributed by atoms with E-state index in [9.17, 15) is 4.79 Å². The Kier molecular flexibility index (Phi) is 7.98. The minimum Gasteiger partial charge on any atom is -0.494 e. The van der Waals surface area contributed by atoms with E-state index in [1.165, 1.54) is 12.8 Å². The van der Waals surface area contributed by atoms with Crippen molar-refractivity contribution in [2.75, 3.05) is 18.5 Å². The molecule has 0 aliphatic rings. The maximum atomic E-state index is 12.1. The van der Waals surface area contributed by atoms with Crippen molar-refractivity contribution < 1.29 is 14.3 Å². The molecule has 2 aromatic rings. The van der Waals surface area contributed by atoms with Gasteiger partial charge >= 0.3 is 0 Å². The molecule has 0 heterocycles. The number of unbranched alkanes of at least 4 members (excludes halogenated alkanes) is 2. The predicted molar refractivity (Wildman–Crippen MR) is 109 cm³/mol. The van der Waals surface area contributed by atoms with E-state index < -0.39 is 0 Å². The van der Waals surface area contributed by atoms with E-state index in [-0.39, 0.29) is 12.5 Å². The molecule has 0 saturated heterocycles. The Labute approximate surface area is 164 Å². The lowest BCUT2D eigenvalue weighted by Crippen LogP contribution is -2.20. The molecule has 0 bridgehead atoms. The van der Waals surface area contributed by atoms with Crippen LogP contribution in [0.25, 0.3) is 0 Å². The minimum absolute atomic E-state index is 0.0292. The van der Waals surface area contributed by atoms with Gasteiger partial charge in [0.25, 0.3) is 5.91 Å². The van der Waals surface area contributed by atoms with Crippen LogP contribution in [-0.2, 0) is 4.79 Å². The second-order valence-corrected chi connectivity index (χ2v) is 7.20. The quantitative estimate of drug-likeness (QED) is 0.533. The van der Waals surface area contributed by atoms with Crippen molar-refractivity contribution in [3.05, 3.63) is 52.0 Å². The summed E-state index contributed by atoms with van der Waals surface area (Å²) < 4.78 is 12.4. The summed E-state index contributed by atoms with van der Waals surface area (Å²) in [6.07, 6.45) is 3.41. The zero-order chi connectivity index (χ0) is 18.9. The summed E-state index contributed by atoms with van der Waals surface area (Å²) in [7, 11) is 0. The van der Waals surface area contributed by atoms with Crippen LogP contribution in [0.5, 0.6) is 11.5 Å². The number of rotatable bonds is 9. The van der Waals surface area contributed by atoms with Crippen molar-refractivity contribution >= 4 is 27.5 Å². The van der Waals surface area contributed by atoms with Gasteiger partial charge in [0.15, 0.2) is 6.61 Å². The Hall–Kier alpha value is -2.01. The van der Waals surface area contributed by atoms with Gasteiger partial charge < -0.3 is 14.8 Å². The molecular weight excluding hydrogens is 394 g/mol. The molecule has 0 saturated carbocycles. The SMILES string of the molecule is CCCCCOc1ccc(NC(=O)COc2c(C)cc(Br)cc2C)cc1. The normalized spacial score (nSPS) is 10.5. The monoisotopic (exact) mass is 419 g/mol. The summed E-state index contributed by atoms with van der Waals surface area (Å²) in [4.78, 5) is 12.1.